The van der Waals surface area contributed by atoms with Crippen LogP contribution in [0.5, 0.6) is 0 Å². The number of rotatable bonds is 9. The van der Waals surface area contributed by atoms with Gasteiger partial charge in [-0.05, 0) is 31.2 Å². The third-order valence-electron chi connectivity index (χ3n) is 4.00. The second kappa shape index (κ2) is 9.54. The van der Waals surface area contributed by atoms with Gasteiger partial charge in [0, 0.05) is 49.4 Å². The Bertz CT molecular complexity index is 721. The third-order valence-corrected chi connectivity index (χ3v) is 4.00. The monoisotopic (exact) mass is 338 g/mol. The minimum absolute atomic E-state index is 0.406. The lowest BCUT2D eigenvalue weighted by Crippen LogP contribution is -2.32. The number of hydrogen-bond acceptors (Lipinski definition) is 6. The standard InChI is InChI=1S/C19H26N6/c1-4-17(22-3)13-24-18-8-9-23-19(25-18)15-7-5-6-14(10-15)16(11-20)12-21-2/h5-12,17,20-22H,4,13H2,1-3H3,(H,23,24,25)/b16-12+,20-11?. The van der Waals surface area contributed by atoms with Crippen molar-refractivity contribution >= 4 is 17.6 Å². The number of nitrogens with one attached hydrogen (secondary N) is 4. The molecule has 0 saturated heterocycles. The maximum absolute atomic E-state index is 7.56. The van der Waals surface area contributed by atoms with Gasteiger partial charge in [-0.3, -0.25) is 0 Å². The number of nitrogens with zero attached hydrogens (tertiary/aromatic N) is 2. The van der Waals surface area contributed by atoms with Crippen molar-refractivity contribution in [1.29, 1.82) is 5.41 Å². The van der Waals surface area contributed by atoms with Crippen LogP contribution in [0.2, 0.25) is 0 Å². The van der Waals surface area contributed by atoms with Crippen LogP contribution >= 0.6 is 0 Å². The van der Waals surface area contributed by atoms with Gasteiger partial charge in [-0.2, -0.15) is 0 Å². The van der Waals surface area contributed by atoms with Crippen LogP contribution < -0.4 is 16.0 Å². The molecule has 0 aliphatic carbocycles. The van der Waals surface area contributed by atoms with Crippen molar-refractivity contribution in [3.63, 3.8) is 0 Å². The maximum atomic E-state index is 7.56. The molecule has 1 aromatic heterocycles. The Morgan fingerprint density at radius 3 is 2.80 bits per heavy atom. The summed E-state index contributed by atoms with van der Waals surface area (Å²) in [5.74, 6) is 1.47. The van der Waals surface area contributed by atoms with Crippen LogP contribution in [-0.4, -0.2) is 42.9 Å². The van der Waals surface area contributed by atoms with Crippen molar-refractivity contribution in [3.05, 3.63) is 48.3 Å². The van der Waals surface area contributed by atoms with Gasteiger partial charge in [0.1, 0.15) is 5.82 Å². The zero-order valence-electron chi connectivity index (χ0n) is 15.0. The van der Waals surface area contributed by atoms with Gasteiger partial charge in [-0.15, -0.1) is 0 Å². The quantitative estimate of drug-likeness (QED) is 0.528. The highest BCUT2D eigenvalue weighted by molar-refractivity contribution is 6.08. The second-order valence-electron chi connectivity index (χ2n) is 5.65. The average Bonchev–Trinajstić information content (AvgIpc) is 2.67. The molecule has 0 fully saturated rings. The minimum Gasteiger partial charge on any atom is -0.393 e. The number of benzene rings is 1. The normalized spacial score (nSPS) is 12.5. The average molecular weight is 338 g/mol. The van der Waals surface area contributed by atoms with E-state index in [0.717, 1.165) is 35.5 Å². The summed E-state index contributed by atoms with van der Waals surface area (Å²) >= 11 is 0. The summed E-state index contributed by atoms with van der Waals surface area (Å²) in [5.41, 5.74) is 2.68. The molecule has 6 heteroatoms. The molecule has 0 amide bonds. The number of likely N-dealkylation sites (N-methyl/N-ethyl adjacent to an activating group) is 1. The van der Waals surface area contributed by atoms with E-state index < -0.39 is 0 Å². The van der Waals surface area contributed by atoms with Crippen LogP contribution in [0.1, 0.15) is 18.9 Å². The van der Waals surface area contributed by atoms with Crippen molar-refractivity contribution in [3.8, 4) is 11.4 Å². The highest BCUT2D eigenvalue weighted by atomic mass is 15.0. The SMILES string of the molecule is CCC(CNc1ccnc(-c2cccc(/C(C=N)=C/NC)c2)n1)NC. The summed E-state index contributed by atoms with van der Waals surface area (Å²) in [6.45, 7) is 2.96. The molecule has 0 aliphatic rings. The van der Waals surface area contributed by atoms with Gasteiger partial charge in [0.2, 0.25) is 0 Å². The predicted octanol–water partition coefficient (Wildman–Crippen LogP) is 2.76. The van der Waals surface area contributed by atoms with Gasteiger partial charge in [0.15, 0.2) is 5.82 Å². The van der Waals surface area contributed by atoms with Gasteiger partial charge < -0.3 is 21.4 Å². The van der Waals surface area contributed by atoms with E-state index in [0.29, 0.717) is 11.9 Å². The van der Waals surface area contributed by atoms with E-state index in [1.807, 2.05) is 44.4 Å². The lowest BCUT2D eigenvalue weighted by atomic mass is 10.0. The fraction of sp³-hybridized carbons (Fsp3) is 0.316. The van der Waals surface area contributed by atoms with E-state index >= 15 is 0 Å². The van der Waals surface area contributed by atoms with Crippen molar-refractivity contribution in [2.75, 3.05) is 26.0 Å². The molecule has 1 heterocycles. The van der Waals surface area contributed by atoms with E-state index in [-0.39, 0.29) is 0 Å². The van der Waals surface area contributed by atoms with Crippen LogP contribution in [0.25, 0.3) is 17.0 Å². The van der Waals surface area contributed by atoms with Crippen molar-refractivity contribution in [2.45, 2.75) is 19.4 Å². The minimum atomic E-state index is 0.406. The van der Waals surface area contributed by atoms with Crippen molar-refractivity contribution in [1.82, 2.24) is 20.6 Å². The summed E-state index contributed by atoms with van der Waals surface area (Å²) in [6, 6.07) is 10.2. The lowest BCUT2D eigenvalue weighted by Gasteiger charge is -2.15. The fourth-order valence-corrected chi connectivity index (χ4v) is 2.48. The molecule has 2 rings (SSSR count). The highest BCUT2D eigenvalue weighted by Gasteiger charge is 2.07. The summed E-state index contributed by atoms with van der Waals surface area (Å²) in [5, 5.41) is 17.1. The molecule has 2 aromatic rings. The molecule has 1 aromatic carbocycles. The van der Waals surface area contributed by atoms with Crippen LogP contribution in [-0.2, 0) is 0 Å². The smallest absolute Gasteiger partial charge is 0.161 e. The van der Waals surface area contributed by atoms with Crippen LogP contribution in [0.4, 0.5) is 5.82 Å². The van der Waals surface area contributed by atoms with E-state index in [2.05, 4.69) is 32.8 Å². The fourth-order valence-electron chi connectivity index (χ4n) is 2.48. The summed E-state index contributed by atoms with van der Waals surface area (Å²) in [6.07, 6.45) is 5.94. The first-order valence-corrected chi connectivity index (χ1v) is 8.44. The molecule has 6 nitrogen and oxygen atoms in total. The van der Waals surface area contributed by atoms with Gasteiger partial charge in [-0.25, -0.2) is 9.97 Å². The zero-order valence-corrected chi connectivity index (χ0v) is 15.0. The van der Waals surface area contributed by atoms with Gasteiger partial charge >= 0.3 is 0 Å². The van der Waals surface area contributed by atoms with E-state index in [1.54, 1.807) is 12.4 Å². The number of anilines is 1. The highest BCUT2D eigenvalue weighted by Crippen LogP contribution is 2.21. The molecular weight excluding hydrogens is 312 g/mol. The molecule has 1 atom stereocenters. The first-order valence-electron chi connectivity index (χ1n) is 8.44. The first kappa shape index (κ1) is 18.6. The Hall–Kier alpha value is -2.73. The summed E-state index contributed by atoms with van der Waals surface area (Å²) < 4.78 is 0. The predicted molar refractivity (Wildman–Crippen MR) is 105 cm³/mol. The summed E-state index contributed by atoms with van der Waals surface area (Å²) in [7, 11) is 3.78. The molecule has 132 valence electrons. The molecule has 25 heavy (non-hydrogen) atoms. The zero-order chi connectivity index (χ0) is 18.1. The Morgan fingerprint density at radius 2 is 2.12 bits per heavy atom. The Labute approximate surface area is 149 Å². The molecule has 1 unspecified atom stereocenters. The van der Waals surface area contributed by atoms with Gasteiger partial charge in [0.05, 0.1) is 0 Å². The van der Waals surface area contributed by atoms with E-state index in [1.165, 1.54) is 6.21 Å². The van der Waals surface area contributed by atoms with E-state index in [4.69, 9.17) is 5.41 Å². The molecular formula is C19H26N6. The topological polar surface area (TPSA) is 85.7 Å². The second-order valence-corrected chi connectivity index (χ2v) is 5.65. The third kappa shape index (κ3) is 5.12. The van der Waals surface area contributed by atoms with Crippen LogP contribution in [0.15, 0.2) is 42.7 Å². The van der Waals surface area contributed by atoms with Gasteiger partial charge in [-0.1, -0.05) is 25.1 Å². The maximum Gasteiger partial charge on any atom is 0.161 e. The molecule has 0 saturated carbocycles. The molecule has 0 bridgehead atoms. The van der Waals surface area contributed by atoms with E-state index in [9.17, 15) is 0 Å². The number of allylic oxidation sites excluding steroid dienone is 1. The van der Waals surface area contributed by atoms with Crippen molar-refractivity contribution < 1.29 is 0 Å². The Balaban J connectivity index is 2.23. The molecule has 0 aliphatic heterocycles. The molecule has 0 radical (unpaired) electrons. The molecule has 4 N–H and O–H groups in total. The first-order chi connectivity index (χ1) is 12.2. The Kier molecular flexibility index (Phi) is 7.10. The lowest BCUT2D eigenvalue weighted by molar-refractivity contribution is 0.568. The van der Waals surface area contributed by atoms with Crippen LogP contribution in [0.3, 0.4) is 0 Å². The largest absolute Gasteiger partial charge is 0.393 e. The Morgan fingerprint density at radius 1 is 1.28 bits per heavy atom. The molecule has 0 spiro atoms. The number of aromatic nitrogens is 2. The van der Waals surface area contributed by atoms with Crippen LogP contribution in [0, 0.1) is 5.41 Å². The number of hydrogen-bond donors (Lipinski definition) is 4. The summed E-state index contributed by atoms with van der Waals surface area (Å²) in [4.78, 5) is 9.00. The van der Waals surface area contributed by atoms with Crippen molar-refractivity contribution in [2.24, 2.45) is 0 Å². The van der Waals surface area contributed by atoms with Gasteiger partial charge in [0.25, 0.3) is 0 Å².